The van der Waals surface area contributed by atoms with Gasteiger partial charge in [-0.3, -0.25) is 4.98 Å². The largest absolute Gasteiger partial charge is 0.378 e. The van der Waals surface area contributed by atoms with Gasteiger partial charge in [-0.1, -0.05) is 18.2 Å². The van der Waals surface area contributed by atoms with Crippen molar-refractivity contribution in [2.75, 3.05) is 11.9 Å². The fraction of sp³-hybridized carbons (Fsp3) is 0.400. The average molecular weight is 337 g/mol. The second-order valence-corrected chi connectivity index (χ2v) is 6.85. The molecule has 2 atom stereocenters. The molecule has 1 aromatic heterocycles. The van der Waals surface area contributed by atoms with Crippen LogP contribution in [-0.2, 0) is 4.74 Å². The van der Waals surface area contributed by atoms with Gasteiger partial charge in [-0.05, 0) is 55.4 Å². The fourth-order valence-corrected chi connectivity index (χ4v) is 3.47. The van der Waals surface area contributed by atoms with Gasteiger partial charge in [-0.2, -0.15) is 0 Å². The van der Waals surface area contributed by atoms with Crippen LogP contribution in [0.3, 0.4) is 0 Å². The maximum absolute atomic E-state index is 12.5. The lowest BCUT2D eigenvalue weighted by Gasteiger charge is -2.30. The van der Waals surface area contributed by atoms with E-state index in [4.69, 9.17) is 4.74 Å². The Morgan fingerprint density at radius 1 is 1.08 bits per heavy atom. The van der Waals surface area contributed by atoms with Crippen molar-refractivity contribution in [2.24, 2.45) is 5.92 Å². The summed E-state index contributed by atoms with van der Waals surface area (Å²) in [4.78, 5) is 16.5. The number of para-hydroxylation sites is 1. The number of anilines is 1. The van der Waals surface area contributed by atoms with E-state index < -0.39 is 0 Å². The smallest absolute Gasteiger partial charge is 0.319 e. The maximum atomic E-state index is 12.5. The minimum atomic E-state index is -0.150. The fourth-order valence-electron chi connectivity index (χ4n) is 3.47. The van der Waals surface area contributed by atoms with Crippen molar-refractivity contribution in [3.05, 3.63) is 48.8 Å². The number of pyridine rings is 1. The van der Waals surface area contributed by atoms with Gasteiger partial charge < -0.3 is 15.4 Å². The highest BCUT2D eigenvalue weighted by Crippen LogP contribution is 2.38. The van der Waals surface area contributed by atoms with Crippen molar-refractivity contribution in [3.63, 3.8) is 0 Å². The number of urea groups is 1. The summed E-state index contributed by atoms with van der Waals surface area (Å²) < 4.78 is 5.83. The van der Waals surface area contributed by atoms with Gasteiger partial charge >= 0.3 is 6.03 Å². The molecule has 25 heavy (non-hydrogen) atoms. The number of amides is 2. The van der Waals surface area contributed by atoms with Crippen LogP contribution in [0, 0.1) is 5.92 Å². The number of aromatic nitrogens is 1. The van der Waals surface area contributed by atoms with E-state index in [1.807, 2.05) is 36.4 Å². The van der Waals surface area contributed by atoms with Gasteiger partial charge in [0, 0.05) is 30.6 Å². The summed E-state index contributed by atoms with van der Waals surface area (Å²) in [5.74, 6) is 0.708. The molecule has 2 aromatic rings. The zero-order chi connectivity index (χ0) is 17.1. The summed E-state index contributed by atoms with van der Waals surface area (Å²) in [6.07, 6.45) is 8.17. The predicted octanol–water partition coefficient (Wildman–Crippen LogP) is 3.83. The molecular formula is C20H23N3O2. The SMILES string of the molecule is O=C(Nc1ccccc1-c1ccncc1)N[C@H]1CCO[C@@H](C2CC2)C1. The van der Waals surface area contributed by atoms with Crippen molar-refractivity contribution in [1.29, 1.82) is 0 Å². The third-order valence-corrected chi connectivity index (χ3v) is 4.96. The van der Waals surface area contributed by atoms with Crippen LogP contribution in [0.15, 0.2) is 48.8 Å². The topological polar surface area (TPSA) is 63.2 Å². The first-order chi connectivity index (χ1) is 12.3. The quantitative estimate of drug-likeness (QED) is 0.891. The Morgan fingerprint density at radius 2 is 1.88 bits per heavy atom. The summed E-state index contributed by atoms with van der Waals surface area (Å²) in [5, 5.41) is 6.12. The third kappa shape index (κ3) is 3.99. The van der Waals surface area contributed by atoms with Crippen molar-refractivity contribution in [2.45, 2.75) is 37.8 Å². The highest BCUT2D eigenvalue weighted by molar-refractivity contribution is 5.94. The van der Waals surface area contributed by atoms with Gasteiger partial charge in [0.25, 0.3) is 0 Å². The molecular weight excluding hydrogens is 314 g/mol. The van der Waals surface area contributed by atoms with E-state index in [2.05, 4.69) is 15.6 Å². The molecule has 0 radical (unpaired) electrons. The number of carbonyl (C=O) groups is 1. The number of hydrogen-bond donors (Lipinski definition) is 2. The van der Waals surface area contributed by atoms with Gasteiger partial charge in [0.1, 0.15) is 0 Å². The van der Waals surface area contributed by atoms with E-state index >= 15 is 0 Å². The minimum Gasteiger partial charge on any atom is -0.378 e. The number of hydrogen-bond acceptors (Lipinski definition) is 3. The molecule has 5 nitrogen and oxygen atoms in total. The number of nitrogens with zero attached hydrogens (tertiary/aromatic N) is 1. The van der Waals surface area contributed by atoms with Crippen molar-refractivity contribution in [1.82, 2.24) is 10.3 Å². The molecule has 2 amide bonds. The monoisotopic (exact) mass is 337 g/mol. The van der Waals surface area contributed by atoms with E-state index in [1.165, 1.54) is 12.8 Å². The molecule has 5 heteroatoms. The standard InChI is InChI=1S/C20H23N3O2/c24-20(22-16-9-12-25-19(13-16)15-5-6-15)23-18-4-2-1-3-17(18)14-7-10-21-11-8-14/h1-4,7-8,10-11,15-16,19H,5-6,9,12-13H2,(H2,22,23,24)/t16-,19+/m0/s1. The normalized spacial score (nSPS) is 23.0. The summed E-state index contributed by atoms with van der Waals surface area (Å²) in [7, 11) is 0. The molecule has 2 fully saturated rings. The van der Waals surface area contributed by atoms with E-state index in [-0.39, 0.29) is 12.1 Å². The molecule has 0 unspecified atom stereocenters. The Morgan fingerprint density at radius 3 is 2.68 bits per heavy atom. The van der Waals surface area contributed by atoms with E-state index in [9.17, 15) is 4.79 Å². The zero-order valence-electron chi connectivity index (χ0n) is 14.2. The van der Waals surface area contributed by atoms with Gasteiger partial charge in [0.05, 0.1) is 11.8 Å². The Kier molecular flexibility index (Phi) is 4.65. The van der Waals surface area contributed by atoms with Crippen LogP contribution in [0.2, 0.25) is 0 Å². The second kappa shape index (κ2) is 7.23. The molecule has 2 N–H and O–H groups in total. The van der Waals surface area contributed by atoms with Crippen molar-refractivity contribution in [3.8, 4) is 11.1 Å². The molecule has 2 heterocycles. The molecule has 1 aliphatic carbocycles. The Labute approximate surface area is 147 Å². The van der Waals surface area contributed by atoms with E-state index in [1.54, 1.807) is 12.4 Å². The Balaban J connectivity index is 1.41. The third-order valence-electron chi connectivity index (χ3n) is 4.96. The van der Waals surface area contributed by atoms with Crippen LogP contribution in [0.1, 0.15) is 25.7 Å². The molecule has 0 bridgehead atoms. The first kappa shape index (κ1) is 16.1. The number of rotatable bonds is 4. The lowest BCUT2D eigenvalue weighted by molar-refractivity contribution is -0.00889. The van der Waals surface area contributed by atoms with Crippen molar-refractivity contribution >= 4 is 11.7 Å². The molecule has 1 saturated carbocycles. The van der Waals surface area contributed by atoms with Crippen LogP contribution < -0.4 is 10.6 Å². The van der Waals surface area contributed by atoms with Crippen LogP contribution in [0.25, 0.3) is 11.1 Å². The molecule has 1 aromatic carbocycles. The molecule has 2 aliphatic rings. The first-order valence-corrected chi connectivity index (χ1v) is 8.98. The molecule has 1 aliphatic heterocycles. The van der Waals surface area contributed by atoms with Crippen LogP contribution in [-0.4, -0.2) is 29.8 Å². The van der Waals surface area contributed by atoms with Crippen LogP contribution >= 0.6 is 0 Å². The lowest BCUT2D eigenvalue weighted by Crippen LogP contribution is -2.44. The molecule has 4 rings (SSSR count). The summed E-state index contributed by atoms with van der Waals surface area (Å²) in [5.41, 5.74) is 2.82. The zero-order valence-corrected chi connectivity index (χ0v) is 14.2. The number of ether oxygens (including phenoxy) is 1. The predicted molar refractivity (Wildman–Crippen MR) is 97.3 cm³/mol. The van der Waals surface area contributed by atoms with Gasteiger partial charge in [-0.25, -0.2) is 4.79 Å². The van der Waals surface area contributed by atoms with E-state index in [0.717, 1.165) is 36.3 Å². The maximum Gasteiger partial charge on any atom is 0.319 e. The lowest BCUT2D eigenvalue weighted by atomic mass is 10.0. The highest BCUT2D eigenvalue weighted by atomic mass is 16.5. The van der Waals surface area contributed by atoms with Crippen molar-refractivity contribution < 1.29 is 9.53 Å². The summed E-state index contributed by atoms with van der Waals surface area (Å²) in [6, 6.07) is 11.7. The average Bonchev–Trinajstić information content (AvgIpc) is 3.48. The van der Waals surface area contributed by atoms with Gasteiger partial charge in [0.2, 0.25) is 0 Å². The van der Waals surface area contributed by atoms with Crippen LogP contribution in [0.4, 0.5) is 10.5 Å². The number of nitrogens with one attached hydrogen (secondary N) is 2. The number of benzene rings is 1. The highest BCUT2D eigenvalue weighted by Gasteiger charge is 2.36. The van der Waals surface area contributed by atoms with Gasteiger partial charge in [-0.15, -0.1) is 0 Å². The Bertz CT molecular complexity index is 731. The van der Waals surface area contributed by atoms with Crippen LogP contribution in [0.5, 0.6) is 0 Å². The van der Waals surface area contributed by atoms with E-state index in [0.29, 0.717) is 12.0 Å². The molecule has 1 saturated heterocycles. The second-order valence-electron chi connectivity index (χ2n) is 6.85. The first-order valence-electron chi connectivity index (χ1n) is 8.98. The summed E-state index contributed by atoms with van der Waals surface area (Å²) in [6.45, 7) is 0.736. The minimum absolute atomic E-state index is 0.150. The molecule has 130 valence electrons. The number of carbonyl (C=O) groups excluding carboxylic acids is 1. The summed E-state index contributed by atoms with van der Waals surface area (Å²) >= 11 is 0. The molecule has 0 spiro atoms. The van der Waals surface area contributed by atoms with Gasteiger partial charge in [0.15, 0.2) is 0 Å². The Hall–Kier alpha value is -2.40.